The van der Waals surface area contributed by atoms with E-state index < -0.39 is 0 Å². The van der Waals surface area contributed by atoms with Crippen LogP contribution in [-0.4, -0.2) is 49.8 Å². The van der Waals surface area contributed by atoms with E-state index in [1.807, 2.05) is 0 Å². The number of rotatable bonds is 26. The smallest absolute Gasteiger partial charge is 0.0540 e. The Morgan fingerprint density at radius 3 is 1.86 bits per heavy atom. The van der Waals surface area contributed by atoms with Gasteiger partial charge in [-0.1, -0.05) is 121 Å². The van der Waals surface area contributed by atoms with E-state index in [-0.39, 0.29) is 6.10 Å². The van der Waals surface area contributed by atoms with E-state index in [9.17, 15) is 5.11 Å². The van der Waals surface area contributed by atoms with Crippen LogP contribution in [0.2, 0.25) is 0 Å². The number of aliphatic hydroxyl groups is 1. The first-order chi connectivity index (χ1) is 17.6. The van der Waals surface area contributed by atoms with Gasteiger partial charge in [0, 0.05) is 0 Å². The largest absolute Gasteiger partial charge is 0.393 e. The Kier molecular flexibility index (Phi) is 22.5. The average Bonchev–Trinajstić information content (AvgIpc) is 2.88. The van der Waals surface area contributed by atoms with Crippen molar-refractivity contribution in [1.29, 1.82) is 0 Å². The first-order valence-electron chi connectivity index (χ1n) is 15.7. The van der Waals surface area contributed by atoms with Gasteiger partial charge in [-0.05, 0) is 83.7 Å². The lowest BCUT2D eigenvalue weighted by molar-refractivity contribution is 0.140. The van der Waals surface area contributed by atoms with E-state index in [0.29, 0.717) is 5.92 Å². The molecule has 0 aliphatic carbocycles. The normalized spacial score (nSPS) is 13.4. The summed E-state index contributed by atoms with van der Waals surface area (Å²) in [6.45, 7) is 5.59. The molecule has 36 heavy (non-hydrogen) atoms. The highest BCUT2D eigenvalue weighted by Crippen LogP contribution is 2.19. The second-order valence-corrected chi connectivity index (χ2v) is 11.5. The predicted molar refractivity (Wildman–Crippen MR) is 160 cm³/mol. The van der Waals surface area contributed by atoms with Gasteiger partial charge in [-0.2, -0.15) is 0 Å². The second-order valence-electron chi connectivity index (χ2n) is 11.5. The fourth-order valence-corrected chi connectivity index (χ4v) is 5.16. The van der Waals surface area contributed by atoms with Crippen molar-refractivity contribution in [3.63, 3.8) is 0 Å². The maximum atomic E-state index is 10.6. The predicted octanol–water partition coefficient (Wildman–Crippen LogP) is 8.40. The lowest BCUT2D eigenvalue weighted by atomic mass is 9.92. The number of nitrogens with one attached hydrogen (secondary N) is 1. The van der Waals surface area contributed by atoms with Crippen LogP contribution >= 0.6 is 0 Å². The summed E-state index contributed by atoms with van der Waals surface area (Å²) in [7, 11) is 4.28. The zero-order valence-corrected chi connectivity index (χ0v) is 24.5. The molecule has 2 N–H and O–H groups in total. The maximum absolute atomic E-state index is 10.6. The highest BCUT2D eigenvalue weighted by Gasteiger charge is 2.12. The third-order valence-corrected chi connectivity index (χ3v) is 7.63. The fourth-order valence-electron chi connectivity index (χ4n) is 5.16. The average molecular weight is 503 g/mol. The van der Waals surface area contributed by atoms with Gasteiger partial charge in [-0.25, -0.2) is 0 Å². The van der Waals surface area contributed by atoms with Crippen molar-refractivity contribution in [2.45, 2.75) is 135 Å². The van der Waals surface area contributed by atoms with E-state index in [2.05, 4.69) is 61.6 Å². The molecule has 3 nitrogen and oxygen atoms in total. The van der Waals surface area contributed by atoms with Crippen LogP contribution in [0.15, 0.2) is 30.3 Å². The van der Waals surface area contributed by atoms with Crippen molar-refractivity contribution in [3.05, 3.63) is 35.9 Å². The molecule has 0 aliphatic heterocycles. The molecule has 0 amide bonds. The lowest BCUT2D eigenvalue weighted by Crippen LogP contribution is -2.27. The van der Waals surface area contributed by atoms with Crippen molar-refractivity contribution in [3.8, 4) is 0 Å². The lowest BCUT2D eigenvalue weighted by Gasteiger charge is -2.20. The Morgan fingerprint density at radius 1 is 0.694 bits per heavy atom. The van der Waals surface area contributed by atoms with Crippen molar-refractivity contribution in [2.75, 3.05) is 33.7 Å². The molecule has 0 fully saturated rings. The number of hydrogen-bond donors (Lipinski definition) is 2. The molecule has 2 atom stereocenters. The molecule has 0 bridgehead atoms. The Hall–Kier alpha value is -0.900. The van der Waals surface area contributed by atoms with Crippen LogP contribution in [0.1, 0.15) is 128 Å². The molecular formula is C33H62N2O. The third kappa shape index (κ3) is 21.2. The van der Waals surface area contributed by atoms with Crippen LogP contribution in [0, 0.1) is 5.92 Å². The minimum Gasteiger partial charge on any atom is -0.393 e. The van der Waals surface area contributed by atoms with E-state index in [1.165, 1.54) is 102 Å². The fraction of sp³-hybridized carbons (Fsp3) is 0.818. The Morgan fingerprint density at radius 2 is 1.28 bits per heavy atom. The topological polar surface area (TPSA) is 35.5 Å². The summed E-state index contributed by atoms with van der Waals surface area (Å²) < 4.78 is 0. The summed E-state index contributed by atoms with van der Waals surface area (Å²) in [6.07, 6.45) is 24.5. The Bertz CT molecular complexity index is 562. The first-order valence-corrected chi connectivity index (χ1v) is 15.7. The first kappa shape index (κ1) is 33.1. The second kappa shape index (κ2) is 24.4. The molecule has 0 spiro atoms. The highest BCUT2D eigenvalue weighted by molar-refractivity contribution is 5.14. The van der Waals surface area contributed by atoms with Gasteiger partial charge in [0.05, 0.1) is 6.10 Å². The maximum Gasteiger partial charge on any atom is 0.0540 e. The van der Waals surface area contributed by atoms with Crippen LogP contribution in [0.4, 0.5) is 0 Å². The molecule has 1 aromatic carbocycles. The molecule has 1 rings (SSSR count). The monoisotopic (exact) mass is 502 g/mol. The summed E-state index contributed by atoms with van der Waals surface area (Å²) in [5.41, 5.74) is 1.43. The van der Waals surface area contributed by atoms with Crippen molar-refractivity contribution in [2.24, 2.45) is 5.92 Å². The van der Waals surface area contributed by atoms with Crippen LogP contribution in [0.25, 0.3) is 0 Å². The zero-order chi connectivity index (χ0) is 26.1. The Balaban J connectivity index is 2.10. The van der Waals surface area contributed by atoms with Crippen molar-refractivity contribution in [1.82, 2.24) is 10.2 Å². The van der Waals surface area contributed by atoms with Gasteiger partial charge in [0.25, 0.3) is 0 Å². The molecule has 0 saturated carbocycles. The summed E-state index contributed by atoms with van der Waals surface area (Å²) in [5, 5.41) is 14.3. The molecule has 0 radical (unpaired) electrons. The van der Waals surface area contributed by atoms with Gasteiger partial charge in [-0.3, -0.25) is 0 Å². The highest BCUT2D eigenvalue weighted by atomic mass is 16.3. The van der Waals surface area contributed by atoms with Crippen LogP contribution in [0.3, 0.4) is 0 Å². The molecule has 3 heteroatoms. The minimum atomic E-state index is -0.120. The van der Waals surface area contributed by atoms with Gasteiger partial charge in [0.2, 0.25) is 0 Å². The molecule has 0 aliphatic rings. The van der Waals surface area contributed by atoms with Crippen LogP contribution in [-0.2, 0) is 6.42 Å². The number of benzene rings is 1. The zero-order valence-electron chi connectivity index (χ0n) is 24.5. The molecule has 210 valence electrons. The van der Waals surface area contributed by atoms with Gasteiger partial charge in [0.15, 0.2) is 0 Å². The standard InChI is InChI=1S/C33H62N2O/c1-4-5-6-7-8-9-10-11-12-13-14-15-19-23-33(36)27-26-32(30-34-28-20-29-35(2)3)25-24-31-21-17-16-18-22-31/h16-18,21-22,32-34,36H,4-15,19-20,23-30H2,1-3H3. The van der Waals surface area contributed by atoms with Crippen molar-refractivity contribution < 1.29 is 5.11 Å². The van der Waals surface area contributed by atoms with E-state index in [4.69, 9.17) is 0 Å². The number of hydrogen-bond acceptors (Lipinski definition) is 3. The molecule has 2 unspecified atom stereocenters. The number of aliphatic hydroxyl groups excluding tert-OH is 1. The Labute approximate surface area is 225 Å². The number of aryl methyl sites for hydroxylation is 1. The van der Waals surface area contributed by atoms with E-state index in [1.54, 1.807) is 0 Å². The molecule has 0 aromatic heterocycles. The third-order valence-electron chi connectivity index (χ3n) is 7.63. The van der Waals surface area contributed by atoms with Gasteiger partial charge in [0.1, 0.15) is 0 Å². The summed E-state index contributed by atoms with van der Waals surface area (Å²) in [5.74, 6) is 0.644. The van der Waals surface area contributed by atoms with Crippen LogP contribution < -0.4 is 5.32 Å². The van der Waals surface area contributed by atoms with Crippen LogP contribution in [0.5, 0.6) is 0 Å². The minimum absolute atomic E-state index is 0.120. The van der Waals surface area contributed by atoms with E-state index >= 15 is 0 Å². The molecule has 0 saturated heterocycles. The van der Waals surface area contributed by atoms with Gasteiger partial charge < -0.3 is 15.3 Å². The number of unbranched alkanes of at least 4 members (excludes halogenated alkanes) is 12. The summed E-state index contributed by atoms with van der Waals surface area (Å²) in [6, 6.07) is 10.9. The van der Waals surface area contributed by atoms with Crippen molar-refractivity contribution >= 4 is 0 Å². The van der Waals surface area contributed by atoms with Gasteiger partial charge >= 0.3 is 0 Å². The molecule has 0 heterocycles. The molecular weight excluding hydrogens is 440 g/mol. The van der Waals surface area contributed by atoms with E-state index in [0.717, 1.165) is 45.3 Å². The number of nitrogens with zero attached hydrogens (tertiary/aromatic N) is 1. The molecule has 1 aromatic rings. The van der Waals surface area contributed by atoms with Gasteiger partial charge in [-0.15, -0.1) is 0 Å². The summed E-state index contributed by atoms with van der Waals surface area (Å²) >= 11 is 0. The quantitative estimate of drug-likeness (QED) is 0.125. The summed E-state index contributed by atoms with van der Waals surface area (Å²) in [4.78, 5) is 2.25. The SMILES string of the molecule is CCCCCCCCCCCCCCCC(O)CCC(CCc1ccccc1)CNCCCN(C)C.